The van der Waals surface area contributed by atoms with Crippen molar-refractivity contribution in [3.63, 3.8) is 0 Å². The Balaban J connectivity index is 2.38. The third-order valence-electron chi connectivity index (χ3n) is 2.47. The van der Waals surface area contributed by atoms with Crippen molar-refractivity contribution in [1.82, 2.24) is 9.97 Å². The molecule has 0 aliphatic carbocycles. The summed E-state index contributed by atoms with van der Waals surface area (Å²) in [6, 6.07) is 4.57. The summed E-state index contributed by atoms with van der Waals surface area (Å²) in [6.45, 7) is 1.28. The predicted octanol–water partition coefficient (Wildman–Crippen LogP) is 2.23. The number of carboxylic acid groups (broad SMARTS) is 1. The molecule has 2 N–H and O–H groups in total. The number of nitrogens with zero attached hydrogens (tertiary/aromatic N) is 2. The van der Waals surface area contributed by atoms with Gasteiger partial charge in [-0.25, -0.2) is 18.7 Å². The van der Waals surface area contributed by atoms with Gasteiger partial charge in [-0.15, -0.1) is 0 Å². The number of anilines is 1. The van der Waals surface area contributed by atoms with Crippen LogP contribution in [0.2, 0.25) is 0 Å². The van der Waals surface area contributed by atoms with Crippen molar-refractivity contribution in [2.75, 3.05) is 11.9 Å². The normalized spacial score (nSPS) is 10.3. The van der Waals surface area contributed by atoms with Crippen molar-refractivity contribution in [2.24, 2.45) is 0 Å². The third-order valence-corrected chi connectivity index (χ3v) is 2.47. The molecule has 1 aromatic heterocycles. The van der Waals surface area contributed by atoms with Crippen LogP contribution in [0, 0.1) is 18.6 Å². The van der Waals surface area contributed by atoms with Gasteiger partial charge in [0.25, 0.3) is 0 Å². The zero-order valence-electron chi connectivity index (χ0n) is 10.5. The highest BCUT2D eigenvalue weighted by atomic mass is 19.1. The van der Waals surface area contributed by atoms with Gasteiger partial charge in [0.05, 0.1) is 5.69 Å². The molecule has 0 unspecified atom stereocenters. The minimum Gasteiger partial charge on any atom is -0.480 e. The Morgan fingerprint density at radius 1 is 1.30 bits per heavy atom. The average molecular weight is 279 g/mol. The van der Waals surface area contributed by atoms with Crippen LogP contribution < -0.4 is 5.32 Å². The molecule has 0 fully saturated rings. The zero-order valence-corrected chi connectivity index (χ0v) is 10.5. The second-order valence-electron chi connectivity index (χ2n) is 4.06. The van der Waals surface area contributed by atoms with Crippen molar-refractivity contribution < 1.29 is 18.7 Å². The van der Waals surface area contributed by atoms with E-state index in [1.165, 1.54) is 12.1 Å². The third kappa shape index (κ3) is 3.25. The summed E-state index contributed by atoms with van der Waals surface area (Å²) in [4.78, 5) is 18.6. The van der Waals surface area contributed by atoms with Crippen molar-refractivity contribution >= 4 is 11.8 Å². The molecule has 0 amide bonds. The molecule has 20 heavy (non-hydrogen) atoms. The van der Waals surface area contributed by atoms with Crippen LogP contribution in [0.3, 0.4) is 0 Å². The molecule has 0 saturated heterocycles. The van der Waals surface area contributed by atoms with Gasteiger partial charge in [-0.3, -0.25) is 4.79 Å². The molecular weight excluding hydrogens is 268 g/mol. The first-order valence-electron chi connectivity index (χ1n) is 5.72. The molecule has 0 aliphatic heterocycles. The molecule has 1 aromatic carbocycles. The number of aliphatic carboxylic acids is 1. The van der Waals surface area contributed by atoms with E-state index in [0.29, 0.717) is 5.82 Å². The molecule has 2 rings (SSSR count). The van der Waals surface area contributed by atoms with Crippen LogP contribution >= 0.6 is 0 Å². The van der Waals surface area contributed by atoms with Gasteiger partial charge >= 0.3 is 5.97 Å². The SMILES string of the molecule is Cc1nc(NCC(=O)O)cc(-c2ccc(F)cc2F)n1. The number of halogens is 2. The van der Waals surface area contributed by atoms with E-state index in [9.17, 15) is 13.6 Å². The van der Waals surface area contributed by atoms with Gasteiger partial charge < -0.3 is 10.4 Å². The number of rotatable bonds is 4. The van der Waals surface area contributed by atoms with Gasteiger partial charge in [0.1, 0.15) is 29.8 Å². The maximum atomic E-state index is 13.7. The number of carbonyl (C=O) groups is 1. The number of benzene rings is 1. The molecular formula is C13H11F2N3O2. The molecule has 1 heterocycles. The molecule has 0 saturated carbocycles. The van der Waals surface area contributed by atoms with E-state index in [2.05, 4.69) is 15.3 Å². The second kappa shape index (κ2) is 5.60. The summed E-state index contributed by atoms with van der Waals surface area (Å²) in [5.41, 5.74) is 0.373. The maximum Gasteiger partial charge on any atom is 0.322 e. The maximum absolute atomic E-state index is 13.7. The summed E-state index contributed by atoms with van der Waals surface area (Å²) >= 11 is 0. The van der Waals surface area contributed by atoms with Crippen LogP contribution in [-0.4, -0.2) is 27.6 Å². The Morgan fingerprint density at radius 3 is 2.70 bits per heavy atom. The van der Waals surface area contributed by atoms with Crippen LogP contribution in [0.4, 0.5) is 14.6 Å². The van der Waals surface area contributed by atoms with E-state index in [0.717, 1.165) is 12.1 Å². The quantitative estimate of drug-likeness (QED) is 0.897. The first kappa shape index (κ1) is 13.9. The summed E-state index contributed by atoms with van der Waals surface area (Å²) in [7, 11) is 0. The number of nitrogens with one attached hydrogen (secondary N) is 1. The summed E-state index contributed by atoms with van der Waals surface area (Å²) in [6.07, 6.45) is 0. The topological polar surface area (TPSA) is 75.1 Å². The van der Waals surface area contributed by atoms with Gasteiger partial charge in [0.15, 0.2) is 0 Å². The number of hydrogen-bond donors (Lipinski definition) is 2. The van der Waals surface area contributed by atoms with Gasteiger partial charge in [-0.1, -0.05) is 0 Å². The summed E-state index contributed by atoms with van der Waals surface area (Å²) in [5, 5.41) is 11.2. The molecule has 0 aliphatic rings. The van der Waals surface area contributed by atoms with Gasteiger partial charge in [0.2, 0.25) is 0 Å². The van der Waals surface area contributed by atoms with Crippen molar-refractivity contribution in [3.8, 4) is 11.3 Å². The molecule has 104 valence electrons. The van der Waals surface area contributed by atoms with Crippen LogP contribution in [0.25, 0.3) is 11.3 Å². The molecule has 2 aromatic rings. The van der Waals surface area contributed by atoms with Gasteiger partial charge in [0, 0.05) is 17.7 Å². The average Bonchev–Trinajstić information content (AvgIpc) is 2.35. The fraction of sp³-hybridized carbons (Fsp3) is 0.154. The van der Waals surface area contributed by atoms with E-state index >= 15 is 0 Å². The number of hydrogen-bond acceptors (Lipinski definition) is 4. The van der Waals surface area contributed by atoms with E-state index in [1.807, 2.05) is 0 Å². The van der Waals surface area contributed by atoms with Crippen LogP contribution in [0.5, 0.6) is 0 Å². The van der Waals surface area contributed by atoms with Gasteiger partial charge in [-0.05, 0) is 19.1 Å². The lowest BCUT2D eigenvalue weighted by Crippen LogP contribution is -2.14. The Kier molecular flexibility index (Phi) is 3.88. The highest BCUT2D eigenvalue weighted by Gasteiger charge is 2.10. The van der Waals surface area contributed by atoms with Crippen molar-refractivity contribution in [1.29, 1.82) is 0 Å². The van der Waals surface area contributed by atoms with E-state index in [4.69, 9.17) is 5.11 Å². The van der Waals surface area contributed by atoms with E-state index in [1.54, 1.807) is 6.92 Å². The van der Waals surface area contributed by atoms with Gasteiger partial charge in [-0.2, -0.15) is 0 Å². The number of aryl methyl sites for hydroxylation is 1. The monoisotopic (exact) mass is 279 g/mol. The predicted molar refractivity (Wildman–Crippen MR) is 68.2 cm³/mol. The minimum absolute atomic E-state index is 0.121. The molecule has 0 spiro atoms. The summed E-state index contributed by atoms with van der Waals surface area (Å²) in [5.74, 6) is -1.86. The van der Waals surface area contributed by atoms with Crippen molar-refractivity contribution in [3.05, 3.63) is 41.7 Å². The summed E-state index contributed by atoms with van der Waals surface area (Å²) < 4.78 is 26.6. The molecule has 0 bridgehead atoms. The second-order valence-corrected chi connectivity index (χ2v) is 4.06. The Bertz CT molecular complexity index is 662. The minimum atomic E-state index is -1.05. The van der Waals surface area contributed by atoms with Crippen LogP contribution in [0.15, 0.2) is 24.3 Å². The lowest BCUT2D eigenvalue weighted by molar-refractivity contribution is -0.134. The molecule has 5 nitrogen and oxygen atoms in total. The van der Waals surface area contributed by atoms with Crippen LogP contribution in [-0.2, 0) is 4.79 Å². The first-order chi connectivity index (χ1) is 9.45. The Labute approximate surface area is 113 Å². The van der Waals surface area contributed by atoms with Crippen molar-refractivity contribution in [2.45, 2.75) is 6.92 Å². The lowest BCUT2D eigenvalue weighted by atomic mass is 10.1. The Hall–Kier alpha value is -2.57. The molecule has 0 radical (unpaired) electrons. The fourth-order valence-corrected chi connectivity index (χ4v) is 1.66. The number of aromatic nitrogens is 2. The lowest BCUT2D eigenvalue weighted by Gasteiger charge is -2.08. The molecule has 7 heteroatoms. The molecule has 0 atom stereocenters. The standard InChI is InChI=1S/C13H11F2N3O2/c1-7-17-11(5-12(18-7)16-6-13(19)20)9-3-2-8(14)4-10(9)15/h2-5H,6H2,1H3,(H,19,20)(H,16,17,18). The first-order valence-corrected chi connectivity index (χ1v) is 5.72. The van der Waals surface area contributed by atoms with E-state index in [-0.39, 0.29) is 23.6 Å². The smallest absolute Gasteiger partial charge is 0.322 e. The van der Waals surface area contributed by atoms with E-state index < -0.39 is 17.6 Å². The largest absolute Gasteiger partial charge is 0.480 e. The highest BCUT2D eigenvalue weighted by molar-refractivity contribution is 5.73. The fourth-order valence-electron chi connectivity index (χ4n) is 1.66. The zero-order chi connectivity index (χ0) is 14.7. The highest BCUT2D eigenvalue weighted by Crippen LogP contribution is 2.23. The number of carboxylic acids is 1. The van der Waals surface area contributed by atoms with Crippen LogP contribution in [0.1, 0.15) is 5.82 Å². The Morgan fingerprint density at radius 2 is 2.05 bits per heavy atom.